The maximum Gasteiger partial charge on any atom is 0.178 e. The molecule has 2 aliphatic rings. The van der Waals surface area contributed by atoms with Crippen molar-refractivity contribution < 1.29 is 18.7 Å². The van der Waals surface area contributed by atoms with Crippen LogP contribution in [0.4, 0.5) is 8.78 Å². The number of aromatic nitrogens is 1. The maximum atomic E-state index is 14.1. The van der Waals surface area contributed by atoms with E-state index in [9.17, 15) is 18.7 Å². The summed E-state index contributed by atoms with van der Waals surface area (Å²) in [6, 6.07) is 5.73. The molecule has 2 unspecified atom stereocenters. The lowest BCUT2D eigenvalue weighted by molar-refractivity contribution is 0.0873. The number of carbonyl (C=O) groups excluding carboxylic acids is 1. The van der Waals surface area contributed by atoms with Crippen LogP contribution >= 0.6 is 0 Å². The van der Waals surface area contributed by atoms with Crippen LogP contribution in [0.3, 0.4) is 0 Å². The molecular weight excluding hydrogens is 364 g/mol. The van der Waals surface area contributed by atoms with Gasteiger partial charge in [0.05, 0.1) is 18.3 Å². The second-order valence-corrected chi connectivity index (χ2v) is 7.71. The topological polar surface area (TPSA) is 69.3 Å². The fourth-order valence-electron chi connectivity index (χ4n) is 4.80. The second-order valence-electron chi connectivity index (χ2n) is 7.71. The van der Waals surface area contributed by atoms with E-state index >= 15 is 0 Å². The predicted octanol–water partition coefficient (Wildman–Crippen LogP) is 3.02. The Bertz CT molecular complexity index is 985. The molecule has 2 fully saturated rings. The van der Waals surface area contributed by atoms with E-state index in [4.69, 9.17) is 5.26 Å². The molecular formula is C21H21F2N3O2. The minimum absolute atomic E-state index is 0.0409. The number of aliphatic hydroxyl groups excluding tert-OH is 1. The van der Waals surface area contributed by atoms with Gasteiger partial charge in [0.2, 0.25) is 0 Å². The van der Waals surface area contributed by atoms with Crippen LogP contribution < -0.4 is 0 Å². The molecule has 3 atom stereocenters. The molecule has 1 aromatic heterocycles. The van der Waals surface area contributed by atoms with Crippen molar-refractivity contribution in [3.63, 3.8) is 0 Å². The number of ketones is 1. The highest BCUT2D eigenvalue weighted by molar-refractivity contribution is 5.99. The van der Waals surface area contributed by atoms with Crippen LogP contribution in [-0.4, -0.2) is 45.1 Å². The molecule has 3 heterocycles. The van der Waals surface area contributed by atoms with Crippen molar-refractivity contribution in [3.8, 4) is 11.8 Å². The quantitative estimate of drug-likeness (QED) is 0.822. The molecule has 2 bridgehead atoms. The van der Waals surface area contributed by atoms with Gasteiger partial charge in [0.15, 0.2) is 5.78 Å². The minimum atomic E-state index is -0.930. The predicted molar refractivity (Wildman–Crippen MR) is 98.3 cm³/mol. The van der Waals surface area contributed by atoms with Gasteiger partial charge in [-0.05, 0) is 51.3 Å². The van der Waals surface area contributed by atoms with Gasteiger partial charge < -0.3 is 9.67 Å². The molecule has 28 heavy (non-hydrogen) atoms. The van der Waals surface area contributed by atoms with Gasteiger partial charge in [0.1, 0.15) is 23.3 Å². The van der Waals surface area contributed by atoms with E-state index in [1.165, 1.54) is 6.07 Å². The summed E-state index contributed by atoms with van der Waals surface area (Å²) < 4.78 is 29.7. The van der Waals surface area contributed by atoms with Gasteiger partial charge in [0.25, 0.3) is 0 Å². The molecule has 0 amide bonds. The highest BCUT2D eigenvalue weighted by Gasteiger charge is 2.46. The van der Waals surface area contributed by atoms with Crippen LogP contribution in [0.15, 0.2) is 18.2 Å². The van der Waals surface area contributed by atoms with Gasteiger partial charge in [-0.2, -0.15) is 5.26 Å². The number of Topliss-reactive ketones (excluding diaryl/α,β-unsaturated/α-hetero) is 1. The zero-order chi connectivity index (χ0) is 20.2. The molecule has 2 aliphatic heterocycles. The van der Waals surface area contributed by atoms with Gasteiger partial charge in [-0.25, -0.2) is 8.78 Å². The van der Waals surface area contributed by atoms with Crippen molar-refractivity contribution in [2.75, 3.05) is 6.54 Å². The van der Waals surface area contributed by atoms with Crippen molar-refractivity contribution in [3.05, 3.63) is 52.3 Å². The van der Waals surface area contributed by atoms with Crippen molar-refractivity contribution in [2.45, 2.75) is 51.3 Å². The summed E-state index contributed by atoms with van der Waals surface area (Å²) in [5.41, 5.74) is 1.39. The first-order valence-corrected chi connectivity index (χ1v) is 9.37. The number of aryl methyl sites for hydroxylation is 1. The van der Waals surface area contributed by atoms with E-state index in [0.29, 0.717) is 23.4 Å². The van der Waals surface area contributed by atoms with Gasteiger partial charge in [-0.3, -0.25) is 9.69 Å². The Morgan fingerprint density at radius 1 is 1.25 bits per heavy atom. The summed E-state index contributed by atoms with van der Waals surface area (Å²) in [6.45, 7) is 3.73. The second kappa shape index (κ2) is 6.80. The molecule has 7 heteroatoms. The van der Waals surface area contributed by atoms with Crippen LogP contribution in [0.5, 0.6) is 0 Å². The Morgan fingerprint density at radius 3 is 2.46 bits per heavy atom. The van der Waals surface area contributed by atoms with Crippen molar-refractivity contribution in [1.82, 2.24) is 9.47 Å². The zero-order valence-corrected chi connectivity index (χ0v) is 15.7. The average Bonchev–Trinajstić information content (AvgIpc) is 3.24. The lowest BCUT2D eigenvalue weighted by Crippen LogP contribution is -2.36. The van der Waals surface area contributed by atoms with E-state index < -0.39 is 17.2 Å². The standard InChI is InChI=1S/C21H21F2N3O2/c1-11-5-15(21(28)10-25-13-3-4-19(25)20(27)8-13)12(2)26(11)14-6-17(22)16(9-24)18(23)7-14/h5-7,13,19-20,27H,3-4,8,10H2,1-2H3/t13?,19?,20-/m0/s1. The monoisotopic (exact) mass is 385 g/mol. The third-order valence-electron chi connectivity index (χ3n) is 6.10. The maximum absolute atomic E-state index is 14.1. The first-order valence-electron chi connectivity index (χ1n) is 9.37. The fourth-order valence-corrected chi connectivity index (χ4v) is 4.80. The van der Waals surface area contributed by atoms with Crippen LogP contribution in [0.25, 0.3) is 5.69 Å². The molecule has 0 radical (unpaired) electrons. The number of carbonyl (C=O) groups is 1. The Labute approximate surface area is 161 Å². The first-order chi connectivity index (χ1) is 13.3. The number of nitriles is 1. The summed E-state index contributed by atoms with van der Waals surface area (Å²) in [4.78, 5) is 15.0. The summed E-state index contributed by atoms with van der Waals surface area (Å²) in [5.74, 6) is -1.93. The normalized spacial score (nSPS) is 23.9. The number of benzene rings is 1. The minimum Gasteiger partial charge on any atom is -0.391 e. The van der Waals surface area contributed by atoms with Crippen molar-refractivity contribution >= 4 is 5.78 Å². The molecule has 2 aromatic rings. The lowest BCUT2D eigenvalue weighted by atomic mass is 9.98. The highest BCUT2D eigenvalue weighted by atomic mass is 19.1. The molecule has 0 saturated carbocycles. The van der Waals surface area contributed by atoms with Crippen molar-refractivity contribution in [2.24, 2.45) is 0 Å². The van der Waals surface area contributed by atoms with E-state index in [-0.39, 0.29) is 36.2 Å². The van der Waals surface area contributed by atoms with Crippen LogP contribution in [0, 0.1) is 36.8 Å². The number of halogens is 2. The Hall–Kier alpha value is -2.56. The molecule has 1 aromatic carbocycles. The van der Waals surface area contributed by atoms with Gasteiger partial charge in [-0.1, -0.05) is 0 Å². The van der Waals surface area contributed by atoms with Crippen LogP contribution in [0.1, 0.15) is 46.6 Å². The molecule has 2 saturated heterocycles. The first kappa shape index (κ1) is 18.8. The molecule has 5 nitrogen and oxygen atoms in total. The van der Waals surface area contributed by atoms with Crippen LogP contribution in [-0.2, 0) is 0 Å². The largest absolute Gasteiger partial charge is 0.391 e. The van der Waals surface area contributed by atoms with E-state index in [0.717, 1.165) is 25.0 Å². The van der Waals surface area contributed by atoms with Crippen LogP contribution in [0.2, 0.25) is 0 Å². The Kier molecular flexibility index (Phi) is 4.56. The summed E-state index contributed by atoms with van der Waals surface area (Å²) in [7, 11) is 0. The molecule has 146 valence electrons. The number of hydrogen-bond donors (Lipinski definition) is 1. The fraction of sp³-hybridized carbons (Fsp3) is 0.429. The Balaban J connectivity index is 1.65. The summed E-state index contributed by atoms with van der Waals surface area (Å²) >= 11 is 0. The number of fused-ring (bicyclic) bond motifs is 2. The number of rotatable bonds is 4. The molecule has 1 N–H and O–H groups in total. The molecule has 4 rings (SSSR count). The summed E-state index contributed by atoms with van der Waals surface area (Å²) in [6.07, 6.45) is 2.24. The third kappa shape index (κ3) is 2.84. The number of nitrogens with zero attached hydrogens (tertiary/aromatic N) is 3. The zero-order valence-electron chi connectivity index (χ0n) is 15.7. The van der Waals surface area contributed by atoms with Crippen molar-refractivity contribution in [1.29, 1.82) is 5.26 Å². The molecule has 0 aliphatic carbocycles. The third-order valence-corrected chi connectivity index (χ3v) is 6.10. The SMILES string of the molecule is Cc1cc(C(=O)CN2C3CCC2[C@@H](O)C3)c(C)n1-c1cc(F)c(C#N)c(F)c1. The number of aliphatic hydroxyl groups is 1. The van der Waals surface area contributed by atoms with E-state index in [1.54, 1.807) is 24.5 Å². The molecule has 0 spiro atoms. The lowest BCUT2D eigenvalue weighted by Gasteiger charge is -2.21. The summed E-state index contributed by atoms with van der Waals surface area (Å²) in [5, 5.41) is 18.9. The van der Waals surface area contributed by atoms with Gasteiger partial charge >= 0.3 is 0 Å². The smallest absolute Gasteiger partial charge is 0.178 e. The Morgan fingerprint density at radius 2 is 1.93 bits per heavy atom. The highest BCUT2D eigenvalue weighted by Crippen LogP contribution is 2.37. The average molecular weight is 385 g/mol. The van der Waals surface area contributed by atoms with Gasteiger partial charge in [-0.15, -0.1) is 0 Å². The van der Waals surface area contributed by atoms with Gasteiger partial charge in [0, 0.05) is 29.0 Å². The number of hydrogen-bond acceptors (Lipinski definition) is 4. The van der Waals surface area contributed by atoms with E-state index in [1.807, 2.05) is 0 Å². The van der Waals surface area contributed by atoms with E-state index in [2.05, 4.69) is 4.90 Å².